The van der Waals surface area contributed by atoms with Crippen LogP contribution >= 0.6 is 0 Å². The van der Waals surface area contributed by atoms with Crippen LogP contribution in [0, 0.1) is 23.2 Å². The Bertz CT molecular complexity index is 569. The summed E-state index contributed by atoms with van der Waals surface area (Å²) in [5, 5.41) is 0. The third-order valence-corrected chi connectivity index (χ3v) is 7.94. The number of amides is 1. The Kier molecular flexibility index (Phi) is 4.06. The predicted octanol–water partition coefficient (Wildman–Crippen LogP) is 2.23. The Morgan fingerprint density at radius 3 is 2.60 bits per heavy atom. The molecule has 5 fully saturated rings. The monoisotopic (exact) mass is 348 g/mol. The summed E-state index contributed by atoms with van der Waals surface area (Å²) in [5.41, 5.74) is 5.82. The molecule has 1 amide bonds. The largest absolute Gasteiger partial charge is 0.476 e. The average Bonchev–Trinajstić information content (AvgIpc) is 3.10. The van der Waals surface area contributed by atoms with Gasteiger partial charge < -0.3 is 15.0 Å². The van der Waals surface area contributed by atoms with E-state index >= 15 is 0 Å². The van der Waals surface area contributed by atoms with Crippen molar-refractivity contribution in [3.8, 4) is 0 Å². The van der Waals surface area contributed by atoms with Crippen LogP contribution in [0.15, 0.2) is 0 Å². The van der Waals surface area contributed by atoms with Gasteiger partial charge in [0, 0.05) is 5.94 Å². The molecule has 3 aliphatic carbocycles. The summed E-state index contributed by atoms with van der Waals surface area (Å²) in [7, 11) is -0.259. The van der Waals surface area contributed by atoms with Gasteiger partial charge in [-0.25, -0.2) is 0 Å². The van der Waals surface area contributed by atoms with Gasteiger partial charge in [0.1, 0.15) is 0 Å². The second-order valence-corrected chi connectivity index (χ2v) is 9.87. The molecule has 5 rings (SSSR count). The summed E-state index contributed by atoms with van der Waals surface area (Å²) in [5.74, 6) is 1.53. The SMILES string of the molecule is CC(C)[C@@H](B1O[C@@H]2C[C@@H]3C[C@@H](C3(C)C)[C@]2(C)O1)N1CCCC1C(N)=O. The maximum atomic E-state index is 11.9. The van der Waals surface area contributed by atoms with Gasteiger partial charge in [0.2, 0.25) is 5.91 Å². The second-order valence-electron chi connectivity index (χ2n) is 9.87. The zero-order valence-electron chi connectivity index (χ0n) is 16.3. The lowest BCUT2D eigenvalue weighted by molar-refractivity contribution is -0.199. The van der Waals surface area contributed by atoms with Crippen LogP contribution in [-0.4, -0.2) is 48.2 Å². The molecule has 0 aromatic carbocycles. The number of carbonyl (C=O) groups is 1. The quantitative estimate of drug-likeness (QED) is 0.792. The minimum atomic E-state index is -0.259. The van der Waals surface area contributed by atoms with Crippen LogP contribution in [0.4, 0.5) is 0 Å². The molecule has 0 radical (unpaired) electrons. The number of carbonyl (C=O) groups excluding carboxylic acids is 1. The molecule has 2 aliphatic heterocycles. The molecule has 0 aromatic rings. The van der Waals surface area contributed by atoms with Gasteiger partial charge in [-0.05, 0) is 62.3 Å². The van der Waals surface area contributed by atoms with Crippen LogP contribution in [-0.2, 0) is 14.1 Å². The minimum Gasteiger partial charge on any atom is -0.404 e. The number of primary amides is 1. The molecular weight excluding hydrogens is 315 g/mol. The lowest BCUT2D eigenvalue weighted by Gasteiger charge is -2.64. The smallest absolute Gasteiger partial charge is 0.404 e. The van der Waals surface area contributed by atoms with Gasteiger partial charge in [0.15, 0.2) is 0 Å². The van der Waals surface area contributed by atoms with Gasteiger partial charge in [-0.1, -0.05) is 27.7 Å². The zero-order chi connectivity index (χ0) is 18.1. The summed E-state index contributed by atoms with van der Waals surface area (Å²) in [6.45, 7) is 12.3. The second kappa shape index (κ2) is 5.70. The molecule has 6 heteroatoms. The van der Waals surface area contributed by atoms with Crippen LogP contribution in [0.2, 0.25) is 0 Å². The number of nitrogens with two attached hydrogens (primary N) is 1. The Hall–Kier alpha value is -0.585. The van der Waals surface area contributed by atoms with Crippen molar-refractivity contribution in [3.05, 3.63) is 0 Å². The highest BCUT2D eigenvalue weighted by atomic mass is 16.7. The molecule has 5 aliphatic rings. The summed E-state index contributed by atoms with van der Waals surface area (Å²) in [6, 6.07) is -0.180. The van der Waals surface area contributed by atoms with E-state index in [0.29, 0.717) is 17.3 Å². The van der Waals surface area contributed by atoms with Crippen molar-refractivity contribution in [2.45, 2.75) is 84.0 Å². The van der Waals surface area contributed by atoms with Gasteiger partial charge in [-0.15, -0.1) is 0 Å². The molecule has 2 heterocycles. The number of hydrogen-bond acceptors (Lipinski definition) is 4. The van der Waals surface area contributed by atoms with Gasteiger partial charge in [0.25, 0.3) is 0 Å². The first kappa shape index (κ1) is 17.8. The highest BCUT2D eigenvalue weighted by Crippen LogP contribution is 2.65. The lowest BCUT2D eigenvalue weighted by atomic mass is 9.43. The van der Waals surface area contributed by atoms with Crippen LogP contribution in [0.25, 0.3) is 0 Å². The summed E-state index contributed by atoms with van der Waals surface area (Å²) < 4.78 is 13.2. The Morgan fingerprint density at radius 2 is 2.00 bits per heavy atom. The van der Waals surface area contributed by atoms with E-state index in [4.69, 9.17) is 15.0 Å². The molecule has 1 unspecified atom stereocenters. The normalized spacial score (nSPS) is 43.8. The van der Waals surface area contributed by atoms with Crippen molar-refractivity contribution in [1.82, 2.24) is 4.90 Å². The first-order valence-electron chi connectivity index (χ1n) is 10.0. The van der Waals surface area contributed by atoms with Crippen molar-refractivity contribution >= 4 is 13.0 Å². The minimum absolute atomic E-state index is 0.0859. The summed E-state index contributed by atoms with van der Waals surface area (Å²) in [6.07, 6.45) is 4.41. The van der Waals surface area contributed by atoms with E-state index in [0.717, 1.165) is 31.7 Å². The van der Waals surface area contributed by atoms with E-state index in [9.17, 15) is 4.79 Å². The van der Waals surface area contributed by atoms with Gasteiger partial charge in [0.05, 0.1) is 17.7 Å². The number of rotatable bonds is 4. The van der Waals surface area contributed by atoms with Crippen LogP contribution < -0.4 is 5.73 Å². The zero-order valence-corrected chi connectivity index (χ0v) is 16.3. The molecule has 2 N–H and O–H groups in total. The number of likely N-dealkylation sites (tertiary alicyclic amines) is 1. The fraction of sp³-hybridized carbons (Fsp3) is 0.947. The first-order valence-corrected chi connectivity index (χ1v) is 10.0. The molecule has 2 bridgehead atoms. The van der Waals surface area contributed by atoms with Crippen molar-refractivity contribution in [1.29, 1.82) is 0 Å². The summed E-state index contributed by atoms with van der Waals surface area (Å²) in [4.78, 5) is 14.2. The van der Waals surface area contributed by atoms with Gasteiger partial charge >= 0.3 is 7.12 Å². The summed E-state index contributed by atoms with van der Waals surface area (Å²) >= 11 is 0. The molecule has 0 aromatic heterocycles. The van der Waals surface area contributed by atoms with Crippen molar-refractivity contribution in [2.75, 3.05) is 6.54 Å². The van der Waals surface area contributed by atoms with Gasteiger partial charge in [-0.2, -0.15) is 0 Å². The van der Waals surface area contributed by atoms with Crippen LogP contribution in [0.5, 0.6) is 0 Å². The molecule has 6 atom stereocenters. The molecule has 0 spiro atoms. The molecule has 2 saturated heterocycles. The Balaban J connectivity index is 1.58. The third kappa shape index (κ3) is 2.43. The average molecular weight is 348 g/mol. The highest BCUT2D eigenvalue weighted by Gasteiger charge is 2.69. The number of nitrogens with zero attached hydrogens (tertiary/aromatic N) is 1. The first-order chi connectivity index (χ1) is 11.7. The predicted molar refractivity (Wildman–Crippen MR) is 97.7 cm³/mol. The van der Waals surface area contributed by atoms with E-state index in [2.05, 4.69) is 39.5 Å². The Morgan fingerprint density at radius 1 is 1.28 bits per heavy atom. The van der Waals surface area contributed by atoms with E-state index in [-0.39, 0.29) is 36.7 Å². The van der Waals surface area contributed by atoms with E-state index in [1.807, 2.05) is 0 Å². The van der Waals surface area contributed by atoms with Crippen molar-refractivity contribution in [2.24, 2.45) is 28.9 Å². The highest BCUT2D eigenvalue weighted by molar-refractivity contribution is 6.47. The molecular formula is C19H33BN2O3. The van der Waals surface area contributed by atoms with Crippen molar-refractivity contribution < 1.29 is 14.1 Å². The molecule has 25 heavy (non-hydrogen) atoms. The van der Waals surface area contributed by atoms with E-state index < -0.39 is 0 Å². The topological polar surface area (TPSA) is 64.8 Å². The lowest BCUT2D eigenvalue weighted by Crippen LogP contribution is -2.65. The van der Waals surface area contributed by atoms with Crippen LogP contribution in [0.1, 0.15) is 60.3 Å². The fourth-order valence-electron chi connectivity index (χ4n) is 6.35. The maximum Gasteiger partial charge on any atom is 0.476 e. The van der Waals surface area contributed by atoms with Crippen LogP contribution in [0.3, 0.4) is 0 Å². The number of hydrogen-bond donors (Lipinski definition) is 1. The maximum absolute atomic E-state index is 11.9. The third-order valence-electron chi connectivity index (χ3n) is 7.94. The Labute approximate surface area is 152 Å². The molecule has 5 nitrogen and oxygen atoms in total. The fourth-order valence-corrected chi connectivity index (χ4v) is 6.35. The van der Waals surface area contributed by atoms with E-state index in [1.54, 1.807) is 0 Å². The van der Waals surface area contributed by atoms with Crippen molar-refractivity contribution in [3.63, 3.8) is 0 Å². The van der Waals surface area contributed by atoms with E-state index in [1.165, 1.54) is 6.42 Å². The molecule has 140 valence electrons. The van der Waals surface area contributed by atoms with Gasteiger partial charge in [-0.3, -0.25) is 9.69 Å². The molecule has 3 saturated carbocycles. The standard InChI is InChI=1S/C19H33BN2O3/c1-11(2)16(22-8-6-7-13(22)17(21)23)20-24-15-10-12-9-14(18(12,3)4)19(15,5)25-20/h11-16H,6-10H2,1-5H3,(H2,21,23)/t12-,13?,14-,15+,16-,19-/m0/s1.